The molecule has 2 aromatic rings. The predicted molar refractivity (Wildman–Crippen MR) is 112 cm³/mol. The van der Waals surface area contributed by atoms with Gasteiger partial charge in [0.1, 0.15) is 0 Å². The van der Waals surface area contributed by atoms with Gasteiger partial charge in [0.15, 0.2) is 0 Å². The van der Waals surface area contributed by atoms with Gasteiger partial charge in [0.25, 0.3) is 0 Å². The molecule has 0 N–H and O–H groups in total. The van der Waals surface area contributed by atoms with Gasteiger partial charge in [-0.15, -0.1) is 0 Å². The first kappa shape index (κ1) is 19.3. The maximum Gasteiger partial charge on any atom is 0.0178 e. The molecule has 130 valence electrons. The van der Waals surface area contributed by atoms with Crippen molar-refractivity contribution in [3.05, 3.63) is 101 Å². The minimum absolute atomic E-state index is 0.280. The molecule has 0 radical (unpaired) electrons. The lowest BCUT2D eigenvalue weighted by molar-refractivity contribution is 0.717. The molecular formula is C24H27Cl. The van der Waals surface area contributed by atoms with Gasteiger partial charge in [-0.2, -0.15) is 0 Å². The van der Waals surface area contributed by atoms with Crippen LogP contribution in [0.15, 0.2) is 84.4 Å². The number of halogens is 1. The third kappa shape index (κ3) is 5.76. The normalized spacial score (nSPS) is 16.3. The molecule has 0 saturated carbocycles. The van der Waals surface area contributed by atoms with E-state index < -0.39 is 0 Å². The van der Waals surface area contributed by atoms with Crippen molar-refractivity contribution in [2.24, 2.45) is 5.92 Å². The Hall–Kier alpha value is -2.05. The monoisotopic (exact) mass is 350 g/mol. The van der Waals surface area contributed by atoms with Gasteiger partial charge in [0.2, 0.25) is 0 Å². The van der Waals surface area contributed by atoms with Gasteiger partial charge in [-0.25, -0.2) is 0 Å². The second-order valence-corrected chi connectivity index (χ2v) is 6.49. The highest BCUT2D eigenvalue weighted by atomic mass is 35.5. The fourth-order valence-electron chi connectivity index (χ4n) is 2.92. The standard InChI is InChI=1S/C22H21Cl.C2H6/c1-17(23)20-8-5-9-21(15-14-20)22-12-10-19(11-13-22)16-18-6-3-2-4-7-18;1-2/h2-4,6-7,9-15,20H,1,5,8,16H2;1-2H3. The summed E-state index contributed by atoms with van der Waals surface area (Å²) in [7, 11) is 0. The number of hydrogen-bond donors (Lipinski definition) is 0. The third-order valence-electron chi connectivity index (χ3n) is 4.29. The Morgan fingerprint density at radius 2 is 1.64 bits per heavy atom. The van der Waals surface area contributed by atoms with Crippen LogP contribution in [-0.4, -0.2) is 0 Å². The van der Waals surface area contributed by atoms with Crippen LogP contribution >= 0.6 is 11.6 Å². The molecule has 25 heavy (non-hydrogen) atoms. The smallest absolute Gasteiger partial charge is 0.0178 e. The van der Waals surface area contributed by atoms with Crippen LogP contribution in [0.5, 0.6) is 0 Å². The van der Waals surface area contributed by atoms with Crippen LogP contribution in [-0.2, 0) is 6.42 Å². The summed E-state index contributed by atoms with van der Waals surface area (Å²) < 4.78 is 0. The van der Waals surface area contributed by atoms with Crippen LogP contribution in [0, 0.1) is 5.92 Å². The molecule has 0 heterocycles. The molecular weight excluding hydrogens is 324 g/mol. The molecule has 0 spiro atoms. The van der Waals surface area contributed by atoms with E-state index in [1.807, 2.05) is 13.8 Å². The molecule has 0 amide bonds. The average Bonchev–Trinajstić information content (AvgIpc) is 2.91. The molecule has 0 fully saturated rings. The van der Waals surface area contributed by atoms with E-state index in [4.69, 9.17) is 11.6 Å². The van der Waals surface area contributed by atoms with Crippen molar-refractivity contribution in [1.82, 2.24) is 0 Å². The first-order chi connectivity index (χ1) is 12.2. The molecule has 3 rings (SSSR count). The molecule has 0 aromatic heterocycles. The summed E-state index contributed by atoms with van der Waals surface area (Å²) in [5, 5.41) is 0.731. The van der Waals surface area contributed by atoms with E-state index in [1.165, 1.54) is 22.3 Å². The van der Waals surface area contributed by atoms with E-state index in [2.05, 4.69) is 79.4 Å². The Morgan fingerprint density at radius 3 is 2.28 bits per heavy atom. The molecule has 1 atom stereocenters. The minimum atomic E-state index is 0.280. The molecule has 1 aliphatic carbocycles. The van der Waals surface area contributed by atoms with Crippen molar-refractivity contribution < 1.29 is 0 Å². The predicted octanol–water partition coefficient (Wildman–Crippen LogP) is 7.41. The Morgan fingerprint density at radius 1 is 1.00 bits per heavy atom. The summed E-state index contributed by atoms with van der Waals surface area (Å²) >= 11 is 6.05. The summed E-state index contributed by atoms with van der Waals surface area (Å²) in [6, 6.07) is 19.4. The average molecular weight is 351 g/mol. The van der Waals surface area contributed by atoms with Gasteiger partial charge in [-0.05, 0) is 41.5 Å². The van der Waals surface area contributed by atoms with Crippen LogP contribution in [0.3, 0.4) is 0 Å². The van der Waals surface area contributed by atoms with Crippen LogP contribution in [0.25, 0.3) is 5.57 Å². The maximum absolute atomic E-state index is 6.05. The second kappa shape index (κ2) is 10.1. The summed E-state index contributed by atoms with van der Waals surface area (Å²) in [5.41, 5.74) is 5.22. The lowest BCUT2D eigenvalue weighted by Gasteiger charge is -2.06. The lowest BCUT2D eigenvalue weighted by atomic mass is 10.00. The van der Waals surface area contributed by atoms with Crippen molar-refractivity contribution in [3.8, 4) is 0 Å². The fraction of sp³-hybridized carbons (Fsp3) is 0.250. The largest absolute Gasteiger partial charge is 0.0891 e. The van der Waals surface area contributed by atoms with E-state index >= 15 is 0 Å². The van der Waals surface area contributed by atoms with Gasteiger partial charge in [-0.3, -0.25) is 0 Å². The van der Waals surface area contributed by atoms with Gasteiger partial charge in [0, 0.05) is 11.0 Å². The van der Waals surface area contributed by atoms with Gasteiger partial charge in [-0.1, -0.05) is 105 Å². The molecule has 0 bridgehead atoms. The Labute approximate surface area is 157 Å². The van der Waals surface area contributed by atoms with E-state index in [0.29, 0.717) is 0 Å². The van der Waals surface area contributed by atoms with Crippen molar-refractivity contribution >= 4 is 17.2 Å². The van der Waals surface area contributed by atoms with E-state index in [9.17, 15) is 0 Å². The fourth-order valence-corrected chi connectivity index (χ4v) is 3.11. The number of benzene rings is 2. The zero-order valence-corrected chi connectivity index (χ0v) is 16.0. The summed E-state index contributed by atoms with van der Waals surface area (Å²) in [5.74, 6) is 0.280. The van der Waals surface area contributed by atoms with E-state index in [0.717, 1.165) is 24.3 Å². The highest BCUT2D eigenvalue weighted by Crippen LogP contribution is 2.28. The Kier molecular flexibility index (Phi) is 7.76. The van der Waals surface area contributed by atoms with E-state index in [1.54, 1.807) is 0 Å². The first-order valence-corrected chi connectivity index (χ1v) is 9.46. The number of hydrogen-bond acceptors (Lipinski definition) is 0. The minimum Gasteiger partial charge on any atom is -0.0891 e. The molecule has 0 nitrogen and oxygen atoms in total. The highest BCUT2D eigenvalue weighted by Gasteiger charge is 2.10. The quantitative estimate of drug-likeness (QED) is 0.538. The maximum atomic E-state index is 6.05. The van der Waals surface area contributed by atoms with Crippen molar-refractivity contribution in [1.29, 1.82) is 0 Å². The zero-order valence-electron chi connectivity index (χ0n) is 15.2. The molecule has 0 saturated heterocycles. The lowest BCUT2D eigenvalue weighted by Crippen LogP contribution is -1.93. The number of allylic oxidation sites excluding steroid dienone is 5. The molecule has 1 heteroatoms. The van der Waals surface area contributed by atoms with E-state index in [-0.39, 0.29) is 5.92 Å². The van der Waals surface area contributed by atoms with Gasteiger partial charge < -0.3 is 0 Å². The summed E-state index contributed by atoms with van der Waals surface area (Å²) in [6.45, 7) is 7.86. The summed E-state index contributed by atoms with van der Waals surface area (Å²) in [4.78, 5) is 0. The Balaban J connectivity index is 0.00000109. The second-order valence-electron chi connectivity index (χ2n) is 6.01. The van der Waals surface area contributed by atoms with Crippen molar-refractivity contribution in [3.63, 3.8) is 0 Å². The highest BCUT2D eigenvalue weighted by molar-refractivity contribution is 6.29. The van der Waals surface area contributed by atoms with Crippen LogP contribution < -0.4 is 0 Å². The van der Waals surface area contributed by atoms with Gasteiger partial charge in [0.05, 0.1) is 0 Å². The van der Waals surface area contributed by atoms with Crippen molar-refractivity contribution in [2.75, 3.05) is 0 Å². The molecule has 0 aliphatic heterocycles. The number of rotatable bonds is 4. The topological polar surface area (TPSA) is 0 Å². The molecule has 1 aliphatic rings. The Bertz CT molecular complexity index is 720. The van der Waals surface area contributed by atoms with Crippen LogP contribution in [0.4, 0.5) is 0 Å². The zero-order chi connectivity index (χ0) is 18.1. The SMILES string of the molecule is C=C(Cl)C1C=CC(c2ccc(Cc3ccccc3)cc2)=CCC1.CC. The molecule has 2 aromatic carbocycles. The third-order valence-corrected chi connectivity index (χ3v) is 4.57. The first-order valence-electron chi connectivity index (χ1n) is 9.08. The van der Waals surface area contributed by atoms with Crippen LogP contribution in [0.2, 0.25) is 0 Å². The van der Waals surface area contributed by atoms with Gasteiger partial charge >= 0.3 is 0 Å². The van der Waals surface area contributed by atoms with Crippen LogP contribution in [0.1, 0.15) is 43.4 Å². The summed E-state index contributed by atoms with van der Waals surface area (Å²) in [6.07, 6.45) is 9.69. The molecule has 1 unspecified atom stereocenters. The van der Waals surface area contributed by atoms with Crippen molar-refractivity contribution in [2.45, 2.75) is 33.1 Å².